The zero-order valence-corrected chi connectivity index (χ0v) is 10.0. The third kappa shape index (κ3) is 4.65. The van der Waals surface area contributed by atoms with Crippen molar-refractivity contribution in [2.45, 2.75) is 52.0 Å². The maximum atomic E-state index is 11.3. The summed E-state index contributed by atoms with van der Waals surface area (Å²) in [7, 11) is 0. The van der Waals surface area contributed by atoms with Crippen molar-refractivity contribution in [3.05, 3.63) is 0 Å². The summed E-state index contributed by atoms with van der Waals surface area (Å²) in [5.41, 5.74) is 0. The van der Waals surface area contributed by atoms with E-state index in [4.69, 9.17) is 0 Å². The monoisotopic (exact) mass is 212 g/mol. The van der Waals surface area contributed by atoms with E-state index in [0.29, 0.717) is 12.6 Å². The van der Waals surface area contributed by atoms with Crippen molar-refractivity contribution in [2.75, 3.05) is 13.1 Å². The molecule has 0 radical (unpaired) electrons. The van der Waals surface area contributed by atoms with Crippen LogP contribution in [0.4, 0.5) is 0 Å². The second-order valence-electron chi connectivity index (χ2n) is 4.56. The molecule has 1 fully saturated rings. The molecule has 1 unspecified atom stereocenters. The molecule has 88 valence electrons. The molecule has 0 aromatic heterocycles. The van der Waals surface area contributed by atoms with E-state index in [9.17, 15) is 4.79 Å². The van der Waals surface area contributed by atoms with Gasteiger partial charge >= 0.3 is 0 Å². The lowest BCUT2D eigenvalue weighted by Gasteiger charge is -2.19. The van der Waals surface area contributed by atoms with E-state index >= 15 is 0 Å². The number of amides is 1. The summed E-state index contributed by atoms with van der Waals surface area (Å²) in [5, 5.41) is 6.20. The van der Waals surface area contributed by atoms with Crippen molar-refractivity contribution in [1.82, 2.24) is 10.6 Å². The van der Waals surface area contributed by atoms with Crippen LogP contribution in [0.3, 0.4) is 0 Å². The van der Waals surface area contributed by atoms with Crippen LogP contribution in [0, 0.1) is 5.92 Å². The summed E-state index contributed by atoms with van der Waals surface area (Å²) in [6.45, 7) is 5.52. The lowest BCUT2D eigenvalue weighted by atomic mass is 10.00. The van der Waals surface area contributed by atoms with Gasteiger partial charge in [-0.05, 0) is 32.1 Å². The van der Waals surface area contributed by atoms with Gasteiger partial charge in [0, 0.05) is 12.6 Å². The lowest BCUT2D eigenvalue weighted by molar-refractivity contribution is -0.120. The van der Waals surface area contributed by atoms with Crippen LogP contribution in [0.25, 0.3) is 0 Å². The molecular weight excluding hydrogens is 188 g/mol. The van der Waals surface area contributed by atoms with E-state index in [-0.39, 0.29) is 5.91 Å². The van der Waals surface area contributed by atoms with Crippen molar-refractivity contribution < 1.29 is 4.79 Å². The van der Waals surface area contributed by atoms with Gasteiger partial charge < -0.3 is 10.6 Å². The fraction of sp³-hybridized carbons (Fsp3) is 0.917. The second kappa shape index (κ2) is 6.83. The average Bonchev–Trinajstić information content (AvgIpc) is 2.76. The van der Waals surface area contributed by atoms with E-state index in [0.717, 1.165) is 18.9 Å². The Kier molecular flexibility index (Phi) is 5.69. The highest BCUT2D eigenvalue weighted by Crippen LogP contribution is 2.27. The molecule has 3 nitrogen and oxygen atoms in total. The molecule has 1 aliphatic rings. The number of carbonyl (C=O) groups excluding carboxylic acids is 1. The van der Waals surface area contributed by atoms with Gasteiger partial charge in [0.1, 0.15) is 0 Å². The van der Waals surface area contributed by atoms with Crippen LogP contribution in [0.15, 0.2) is 0 Å². The zero-order chi connectivity index (χ0) is 11.1. The third-order valence-electron chi connectivity index (χ3n) is 3.26. The van der Waals surface area contributed by atoms with Crippen molar-refractivity contribution in [3.8, 4) is 0 Å². The fourth-order valence-corrected chi connectivity index (χ4v) is 2.20. The first-order valence-corrected chi connectivity index (χ1v) is 6.24. The number of rotatable bonds is 6. The predicted octanol–water partition coefficient (Wildman–Crippen LogP) is 1.68. The summed E-state index contributed by atoms with van der Waals surface area (Å²) in [4.78, 5) is 11.3. The molecule has 0 aromatic carbocycles. The normalized spacial score (nSPS) is 19.1. The van der Waals surface area contributed by atoms with Crippen molar-refractivity contribution in [1.29, 1.82) is 0 Å². The van der Waals surface area contributed by atoms with Gasteiger partial charge in [-0.3, -0.25) is 4.79 Å². The molecule has 0 aromatic rings. The molecule has 1 amide bonds. The van der Waals surface area contributed by atoms with Gasteiger partial charge in [0.25, 0.3) is 0 Å². The minimum Gasteiger partial charge on any atom is -0.355 e. The SMILES string of the molecule is CCCNC(=O)CNC(C)C1CCCC1. The number of nitrogens with one attached hydrogen (secondary N) is 2. The molecule has 1 atom stereocenters. The smallest absolute Gasteiger partial charge is 0.233 e. The van der Waals surface area contributed by atoms with Gasteiger partial charge in [-0.1, -0.05) is 19.8 Å². The van der Waals surface area contributed by atoms with Crippen molar-refractivity contribution >= 4 is 5.91 Å². The van der Waals surface area contributed by atoms with Crippen molar-refractivity contribution in [3.63, 3.8) is 0 Å². The molecule has 0 bridgehead atoms. The van der Waals surface area contributed by atoms with Crippen LogP contribution in [0.5, 0.6) is 0 Å². The largest absolute Gasteiger partial charge is 0.355 e. The Balaban J connectivity index is 2.09. The first kappa shape index (κ1) is 12.5. The standard InChI is InChI=1S/C12H24N2O/c1-3-8-13-12(15)9-14-10(2)11-6-4-5-7-11/h10-11,14H,3-9H2,1-2H3,(H,13,15). The fourth-order valence-electron chi connectivity index (χ4n) is 2.20. The second-order valence-corrected chi connectivity index (χ2v) is 4.56. The highest BCUT2D eigenvalue weighted by molar-refractivity contribution is 5.77. The van der Waals surface area contributed by atoms with Gasteiger partial charge in [0.05, 0.1) is 6.54 Å². The molecule has 3 heteroatoms. The quantitative estimate of drug-likeness (QED) is 0.703. The Bertz CT molecular complexity index is 188. The first-order valence-electron chi connectivity index (χ1n) is 6.24. The predicted molar refractivity (Wildman–Crippen MR) is 62.7 cm³/mol. The van der Waals surface area contributed by atoms with E-state index in [1.807, 2.05) is 0 Å². The summed E-state index contributed by atoms with van der Waals surface area (Å²) in [5.74, 6) is 0.908. The summed E-state index contributed by atoms with van der Waals surface area (Å²) in [6, 6.07) is 0.486. The molecule has 1 rings (SSSR count). The minimum absolute atomic E-state index is 0.127. The molecule has 0 spiro atoms. The van der Waals surface area contributed by atoms with Gasteiger partial charge in [-0.15, -0.1) is 0 Å². The Labute approximate surface area is 93.0 Å². The van der Waals surface area contributed by atoms with Crippen LogP contribution < -0.4 is 10.6 Å². The van der Waals surface area contributed by atoms with Crippen LogP contribution in [0.2, 0.25) is 0 Å². The molecule has 0 aliphatic heterocycles. The molecule has 1 aliphatic carbocycles. The van der Waals surface area contributed by atoms with Crippen LogP contribution >= 0.6 is 0 Å². The van der Waals surface area contributed by atoms with Crippen LogP contribution in [-0.4, -0.2) is 25.0 Å². The first-order chi connectivity index (χ1) is 7.24. The van der Waals surface area contributed by atoms with Crippen molar-refractivity contribution in [2.24, 2.45) is 5.92 Å². The highest BCUT2D eigenvalue weighted by Gasteiger charge is 2.21. The molecular formula is C12H24N2O. The third-order valence-corrected chi connectivity index (χ3v) is 3.26. The lowest BCUT2D eigenvalue weighted by Crippen LogP contribution is -2.40. The molecule has 1 saturated carbocycles. The summed E-state index contributed by atoms with van der Waals surface area (Å²) >= 11 is 0. The number of carbonyl (C=O) groups is 1. The van der Waals surface area contributed by atoms with Gasteiger partial charge in [-0.25, -0.2) is 0 Å². The summed E-state index contributed by atoms with van der Waals surface area (Å²) < 4.78 is 0. The molecule has 0 heterocycles. The van der Waals surface area contributed by atoms with Gasteiger partial charge in [0.15, 0.2) is 0 Å². The van der Waals surface area contributed by atoms with Crippen LogP contribution in [-0.2, 0) is 4.79 Å². The Morgan fingerprint density at radius 1 is 1.40 bits per heavy atom. The van der Waals surface area contributed by atoms with E-state index < -0.39 is 0 Å². The van der Waals surface area contributed by atoms with Crippen LogP contribution in [0.1, 0.15) is 46.0 Å². The number of hydrogen-bond donors (Lipinski definition) is 2. The van der Waals surface area contributed by atoms with E-state index in [1.54, 1.807) is 0 Å². The molecule has 0 saturated heterocycles. The van der Waals surface area contributed by atoms with Gasteiger partial charge in [-0.2, -0.15) is 0 Å². The maximum Gasteiger partial charge on any atom is 0.233 e. The Hall–Kier alpha value is -0.570. The average molecular weight is 212 g/mol. The summed E-state index contributed by atoms with van der Waals surface area (Å²) in [6.07, 6.45) is 6.37. The zero-order valence-electron chi connectivity index (χ0n) is 10.0. The molecule has 15 heavy (non-hydrogen) atoms. The topological polar surface area (TPSA) is 41.1 Å². The Morgan fingerprint density at radius 2 is 2.07 bits per heavy atom. The number of hydrogen-bond acceptors (Lipinski definition) is 2. The minimum atomic E-state index is 0.127. The molecule has 2 N–H and O–H groups in total. The van der Waals surface area contributed by atoms with E-state index in [2.05, 4.69) is 24.5 Å². The van der Waals surface area contributed by atoms with Gasteiger partial charge in [0.2, 0.25) is 5.91 Å². The Morgan fingerprint density at radius 3 is 2.67 bits per heavy atom. The van der Waals surface area contributed by atoms with E-state index in [1.165, 1.54) is 25.7 Å². The highest BCUT2D eigenvalue weighted by atomic mass is 16.1. The maximum absolute atomic E-state index is 11.3.